The number of nitrogens with two attached hydrogens (primary N) is 1. The van der Waals surface area contributed by atoms with Crippen molar-refractivity contribution in [1.29, 1.82) is 0 Å². The van der Waals surface area contributed by atoms with Gasteiger partial charge in [-0.25, -0.2) is 4.98 Å². The van der Waals surface area contributed by atoms with Gasteiger partial charge in [0.2, 0.25) is 0 Å². The number of nitrogens with one attached hydrogen (secondary N) is 2. The molecule has 2 heterocycles. The fraction of sp³-hybridized carbons (Fsp3) is 0.583. The van der Waals surface area contributed by atoms with Crippen molar-refractivity contribution >= 4 is 11.5 Å². The van der Waals surface area contributed by atoms with Gasteiger partial charge in [-0.2, -0.15) is 0 Å². The molecular weight excluding hydrogens is 214 g/mol. The van der Waals surface area contributed by atoms with Crippen molar-refractivity contribution in [2.75, 3.05) is 50.3 Å². The molecule has 0 bridgehead atoms. The molecule has 0 saturated carbocycles. The second-order valence-corrected chi connectivity index (χ2v) is 4.34. The van der Waals surface area contributed by atoms with Gasteiger partial charge in [-0.15, -0.1) is 0 Å². The second kappa shape index (κ2) is 6.42. The molecule has 5 nitrogen and oxygen atoms in total. The van der Waals surface area contributed by atoms with Crippen LogP contribution in [0.1, 0.15) is 6.42 Å². The van der Waals surface area contributed by atoms with Crippen molar-refractivity contribution in [1.82, 2.24) is 15.2 Å². The molecule has 0 amide bonds. The van der Waals surface area contributed by atoms with Crippen LogP contribution in [0, 0.1) is 0 Å². The number of pyridine rings is 1. The highest BCUT2D eigenvalue weighted by Gasteiger charge is 2.07. The van der Waals surface area contributed by atoms with E-state index in [-0.39, 0.29) is 0 Å². The number of hydrogen-bond donors (Lipinski definition) is 3. The molecule has 1 aliphatic heterocycles. The maximum absolute atomic E-state index is 5.53. The highest BCUT2D eigenvalue weighted by Crippen LogP contribution is 2.06. The SMILES string of the molecule is Nc1ccc(NCCCN2CCNCC2)cn1. The Bertz CT molecular complexity index is 318. The molecular formula is C12H21N5. The number of nitrogen functional groups attached to an aromatic ring is 1. The first-order valence-electron chi connectivity index (χ1n) is 6.23. The van der Waals surface area contributed by atoms with Crippen molar-refractivity contribution in [2.45, 2.75) is 6.42 Å². The standard InChI is InChI=1S/C12H21N5/c13-12-3-2-11(10-16-12)15-4-1-7-17-8-5-14-6-9-17/h2-3,10,14-15H,1,4-9H2,(H2,13,16). The first-order valence-corrected chi connectivity index (χ1v) is 6.23. The summed E-state index contributed by atoms with van der Waals surface area (Å²) >= 11 is 0. The zero-order valence-corrected chi connectivity index (χ0v) is 10.2. The Hall–Kier alpha value is -1.33. The Morgan fingerprint density at radius 1 is 1.35 bits per heavy atom. The van der Waals surface area contributed by atoms with E-state index in [9.17, 15) is 0 Å². The summed E-state index contributed by atoms with van der Waals surface area (Å²) in [4.78, 5) is 6.54. The van der Waals surface area contributed by atoms with Crippen LogP contribution in [0.3, 0.4) is 0 Å². The van der Waals surface area contributed by atoms with E-state index in [0.29, 0.717) is 5.82 Å². The lowest BCUT2D eigenvalue weighted by molar-refractivity contribution is 0.240. The van der Waals surface area contributed by atoms with Gasteiger partial charge in [0.15, 0.2) is 0 Å². The van der Waals surface area contributed by atoms with Crippen LogP contribution in [-0.4, -0.2) is 49.2 Å². The third-order valence-electron chi connectivity index (χ3n) is 2.98. The summed E-state index contributed by atoms with van der Waals surface area (Å²) in [5, 5.41) is 6.71. The topological polar surface area (TPSA) is 66.2 Å². The lowest BCUT2D eigenvalue weighted by Crippen LogP contribution is -2.44. The normalized spacial score (nSPS) is 16.9. The van der Waals surface area contributed by atoms with E-state index in [1.165, 1.54) is 13.1 Å². The molecule has 4 N–H and O–H groups in total. The Labute approximate surface area is 102 Å². The molecule has 0 spiro atoms. The smallest absolute Gasteiger partial charge is 0.123 e. The predicted molar refractivity (Wildman–Crippen MR) is 71.1 cm³/mol. The fourth-order valence-corrected chi connectivity index (χ4v) is 1.98. The number of hydrogen-bond acceptors (Lipinski definition) is 5. The van der Waals surface area contributed by atoms with Crippen molar-refractivity contribution in [2.24, 2.45) is 0 Å². The molecule has 1 saturated heterocycles. The third-order valence-corrected chi connectivity index (χ3v) is 2.98. The van der Waals surface area contributed by atoms with Gasteiger partial charge in [0.25, 0.3) is 0 Å². The van der Waals surface area contributed by atoms with Crippen molar-refractivity contribution in [3.05, 3.63) is 18.3 Å². The molecule has 0 aliphatic carbocycles. The molecule has 1 aromatic heterocycles. The van der Waals surface area contributed by atoms with Gasteiger partial charge in [-0.1, -0.05) is 0 Å². The number of rotatable bonds is 5. The molecule has 1 aromatic rings. The van der Waals surface area contributed by atoms with Crippen LogP contribution in [0.15, 0.2) is 18.3 Å². The van der Waals surface area contributed by atoms with Crippen LogP contribution < -0.4 is 16.4 Å². The Kier molecular flexibility index (Phi) is 4.58. The Balaban J connectivity index is 1.60. The minimum Gasteiger partial charge on any atom is -0.384 e. The maximum atomic E-state index is 5.53. The molecule has 0 atom stereocenters. The lowest BCUT2D eigenvalue weighted by Gasteiger charge is -2.27. The van der Waals surface area contributed by atoms with E-state index < -0.39 is 0 Å². The van der Waals surface area contributed by atoms with Crippen LogP contribution >= 0.6 is 0 Å². The zero-order chi connectivity index (χ0) is 11.9. The van der Waals surface area contributed by atoms with Crippen LogP contribution in [0.2, 0.25) is 0 Å². The van der Waals surface area contributed by atoms with E-state index >= 15 is 0 Å². The Morgan fingerprint density at radius 2 is 2.18 bits per heavy atom. The van der Waals surface area contributed by atoms with Gasteiger partial charge in [0, 0.05) is 32.7 Å². The number of anilines is 2. The van der Waals surface area contributed by atoms with Crippen LogP contribution in [0.25, 0.3) is 0 Å². The summed E-state index contributed by atoms with van der Waals surface area (Å²) < 4.78 is 0. The molecule has 1 aliphatic rings. The average Bonchev–Trinajstić information content (AvgIpc) is 2.38. The zero-order valence-electron chi connectivity index (χ0n) is 10.2. The molecule has 0 aromatic carbocycles. The van der Waals surface area contributed by atoms with Gasteiger partial charge in [0.1, 0.15) is 5.82 Å². The molecule has 2 rings (SSSR count). The molecule has 17 heavy (non-hydrogen) atoms. The quantitative estimate of drug-likeness (QED) is 0.644. The van der Waals surface area contributed by atoms with Crippen LogP contribution in [0.4, 0.5) is 11.5 Å². The number of piperazine rings is 1. The van der Waals surface area contributed by atoms with E-state index in [1.54, 1.807) is 6.20 Å². The minimum absolute atomic E-state index is 0.566. The van der Waals surface area contributed by atoms with E-state index in [4.69, 9.17) is 5.73 Å². The summed E-state index contributed by atoms with van der Waals surface area (Å²) in [5.41, 5.74) is 6.57. The first kappa shape index (κ1) is 12.1. The summed E-state index contributed by atoms with van der Waals surface area (Å²) in [6.07, 6.45) is 2.94. The fourth-order valence-electron chi connectivity index (χ4n) is 1.98. The van der Waals surface area contributed by atoms with E-state index in [2.05, 4.69) is 20.5 Å². The van der Waals surface area contributed by atoms with Gasteiger partial charge in [0.05, 0.1) is 11.9 Å². The predicted octanol–water partition coefficient (Wildman–Crippen LogP) is 0.371. The molecule has 0 unspecified atom stereocenters. The van der Waals surface area contributed by atoms with Gasteiger partial charge < -0.3 is 21.3 Å². The molecule has 0 radical (unpaired) electrons. The van der Waals surface area contributed by atoms with Crippen molar-refractivity contribution in [3.8, 4) is 0 Å². The first-order chi connectivity index (χ1) is 8.34. The lowest BCUT2D eigenvalue weighted by atomic mass is 10.3. The van der Waals surface area contributed by atoms with Crippen LogP contribution in [-0.2, 0) is 0 Å². The minimum atomic E-state index is 0.566. The number of nitrogens with zero attached hydrogens (tertiary/aromatic N) is 2. The summed E-state index contributed by atoms with van der Waals surface area (Å²) in [6, 6.07) is 3.78. The maximum Gasteiger partial charge on any atom is 0.123 e. The van der Waals surface area contributed by atoms with Gasteiger partial charge >= 0.3 is 0 Å². The Morgan fingerprint density at radius 3 is 2.88 bits per heavy atom. The van der Waals surface area contributed by atoms with Gasteiger partial charge in [-0.05, 0) is 25.1 Å². The highest BCUT2D eigenvalue weighted by molar-refractivity contribution is 5.45. The van der Waals surface area contributed by atoms with Gasteiger partial charge in [-0.3, -0.25) is 0 Å². The number of aromatic nitrogens is 1. The summed E-state index contributed by atoms with van der Waals surface area (Å²) in [5.74, 6) is 0.566. The van der Waals surface area contributed by atoms with Crippen molar-refractivity contribution in [3.63, 3.8) is 0 Å². The average molecular weight is 235 g/mol. The summed E-state index contributed by atoms with van der Waals surface area (Å²) in [7, 11) is 0. The van der Waals surface area contributed by atoms with E-state index in [1.807, 2.05) is 12.1 Å². The van der Waals surface area contributed by atoms with E-state index in [0.717, 1.165) is 38.3 Å². The summed E-state index contributed by atoms with van der Waals surface area (Å²) in [6.45, 7) is 6.73. The molecule has 1 fully saturated rings. The third kappa shape index (κ3) is 4.20. The van der Waals surface area contributed by atoms with Crippen molar-refractivity contribution < 1.29 is 0 Å². The molecule has 94 valence electrons. The molecule has 5 heteroatoms. The van der Waals surface area contributed by atoms with Crippen LogP contribution in [0.5, 0.6) is 0 Å². The second-order valence-electron chi connectivity index (χ2n) is 4.34. The monoisotopic (exact) mass is 235 g/mol. The largest absolute Gasteiger partial charge is 0.384 e. The highest BCUT2D eigenvalue weighted by atomic mass is 15.2.